The molecule has 3 aliphatic rings. The summed E-state index contributed by atoms with van der Waals surface area (Å²) >= 11 is 0. The van der Waals surface area contributed by atoms with Crippen LogP contribution in [0.1, 0.15) is 119 Å². The summed E-state index contributed by atoms with van der Waals surface area (Å²) in [5, 5.41) is 0. The molecule has 0 aromatic rings. The van der Waals surface area contributed by atoms with E-state index in [2.05, 4.69) is 78.0 Å². The molecule has 0 aromatic carbocycles. The Bertz CT molecular complexity index is 1090. The van der Waals surface area contributed by atoms with Gasteiger partial charge in [-0.05, 0) is 119 Å². The molecule has 0 unspecified atom stereocenters. The number of carbonyl (C=O) groups excluding carboxylic acids is 2. The Morgan fingerprint density at radius 2 is 0.974 bits per heavy atom. The average Bonchev–Trinajstić information content (AvgIpc) is 2.86. The summed E-state index contributed by atoms with van der Waals surface area (Å²) < 4.78 is 0. The normalized spacial score (nSPS) is 18.2. The summed E-state index contributed by atoms with van der Waals surface area (Å²) in [7, 11) is 0. The number of hydrogen-bond donors (Lipinski definition) is 0. The maximum absolute atomic E-state index is 13.6. The second-order valence-electron chi connectivity index (χ2n) is 11.9. The summed E-state index contributed by atoms with van der Waals surface area (Å²) in [6.45, 7) is 13.0. The molecule has 2 nitrogen and oxygen atoms in total. The van der Waals surface area contributed by atoms with E-state index in [0.29, 0.717) is 25.7 Å². The van der Waals surface area contributed by atoms with E-state index in [0.717, 1.165) is 73.7 Å². The molecule has 0 saturated carbocycles. The van der Waals surface area contributed by atoms with Crippen LogP contribution in [0, 0.1) is 0 Å². The number of hydrogen-bond acceptors (Lipinski definition) is 2. The van der Waals surface area contributed by atoms with Crippen LogP contribution in [0.15, 0.2) is 92.2 Å². The van der Waals surface area contributed by atoms with Crippen molar-refractivity contribution in [2.24, 2.45) is 0 Å². The van der Waals surface area contributed by atoms with Crippen LogP contribution in [-0.4, -0.2) is 11.6 Å². The van der Waals surface area contributed by atoms with E-state index in [1.54, 1.807) is 0 Å². The standard InChI is InChI=1S/C36H48O2/c1-25(2)11-7-13-27(5)15-9-17-29-19-21-31-33(23-29)36(38)34-24-30(20-22-32(34)35(31)37)18-10-16-28(6)14-8-12-26(3)4/h11-12,15-16,19-20H,7-10,13-14,17-18,21-24H2,1-6H3. The van der Waals surface area contributed by atoms with Crippen LogP contribution < -0.4 is 0 Å². The Hall–Kier alpha value is -2.74. The zero-order chi connectivity index (χ0) is 27.7. The quantitative estimate of drug-likeness (QED) is 0.192. The van der Waals surface area contributed by atoms with Crippen molar-refractivity contribution in [3.05, 3.63) is 92.2 Å². The van der Waals surface area contributed by atoms with Crippen LogP contribution in [0.2, 0.25) is 0 Å². The van der Waals surface area contributed by atoms with E-state index in [1.165, 1.54) is 33.4 Å². The van der Waals surface area contributed by atoms with Gasteiger partial charge in [-0.15, -0.1) is 0 Å². The van der Waals surface area contributed by atoms with E-state index in [1.807, 2.05) is 0 Å². The zero-order valence-electron chi connectivity index (χ0n) is 24.8. The fourth-order valence-corrected chi connectivity index (χ4v) is 5.58. The monoisotopic (exact) mass is 512 g/mol. The molecule has 0 aromatic heterocycles. The average molecular weight is 513 g/mol. The van der Waals surface area contributed by atoms with Crippen molar-refractivity contribution in [3.63, 3.8) is 0 Å². The number of carbonyl (C=O) groups is 2. The van der Waals surface area contributed by atoms with Crippen LogP contribution in [-0.2, 0) is 9.59 Å². The molecule has 0 atom stereocenters. The highest BCUT2D eigenvalue weighted by Crippen LogP contribution is 2.40. The number of ketones is 2. The van der Waals surface area contributed by atoms with E-state index < -0.39 is 0 Å². The molecule has 0 aliphatic heterocycles. The van der Waals surface area contributed by atoms with Gasteiger partial charge in [0.2, 0.25) is 0 Å². The van der Waals surface area contributed by atoms with Gasteiger partial charge in [0, 0.05) is 22.3 Å². The van der Waals surface area contributed by atoms with E-state index in [-0.39, 0.29) is 11.6 Å². The number of allylic oxidation sites excluding steroid dienone is 16. The highest BCUT2D eigenvalue weighted by Gasteiger charge is 2.36. The zero-order valence-corrected chi connectivity index (χ0v) is 24.8. The SMILES string of the molecule is CC(C)=CCCC(C)=CCCC1=CCC2=C(C1)C(=O)C1=C(CC=C(CCC=C(C)CCC=C(C)C)C1)C2=O. The second-order valence-corrected chi connectivity index (χ2v) is 11.9. The van der Waals surface area contributed by atoms with Gasteiger partial charge in [-0.1, -0.05) is 69.9 Å². The predicted octanol–water partition coefficient (Wildman–Crippen LogP) is 10.1. The highest BCUT2D eigenvalue weighted by molar-refractivity contribution is 6.26. The van der Waals surface area contributed by atoms with Gasteiger partial charge in [0.1, 0.15) is 0 Å². The molecule has 204 valence electrons. The lowest BCUT2D eigenvalue weighted by Gasteiger charge is -2.29. The van der Waals surface area contributed by atoms with E-state index in [4.69, 9.17) is 0 Å². The third-order valence-corrected chi connectivity index (χ3v) is 7.92. The molecule has 38 heavy (non-hydrogen) atoms. The van der Waals surface area contributed by atoms with Crippen LogP contribution in [0.4, 0.5) is 0 Å². The van der Waals surface area contributed by atoms with Crippen molar-refractivity contribution in [1.29, 1.82) is 0 Å². The summed E-state index contributed by atoms with van der Waals surface area (Å²) in [5.41, 5.74) is 11.3. The Morgan fingerprint density at radius 3 is 1.37 bits per heavy atom. The van der Waals surface area contributed by atoms with Crippen LogP contribution in [0.3, 0.4) is 0 Å². The fourth-order valence-electron chi connectivity index (χ4n) is 5.58. The third-order valence-electron chi connectivity index (χ3n) is 7.92. The van der Waals surface area contributed by atoms with Gasteiger partial charge in [-0.25, -0.2) is 0 Å². The van der Waals surface area contributed by atoms with E-state index >= 15 is 0 Å². The Balaban J connectivity index is 1.53. The first-order valence-electron chi connectivity index (χ1n) is 14.6. The molecule has 0 radical (unpaired) electrons. The molecular formula is C36H48O2. The molecule has 3 rings (SSSR count). The van der Waals surface area contributed by atoms with Gasteiger partial charge >= 0.3 is 0 Å². The Labute approximate surface area is 231 Å². The van der Waals surface area contributed by atoms with Crippen LogP contribution in [0.25, 0.3) is 0 Å². The molecule has 0 N–H and O–H groups in total. The van der Waals surface area contributed by atoms with Gasteiger partial charge in [0.25, 0.3) is 0 Å². The molecule has 3 aliphatic carbocycles. The number of rotatable bonds is 12. The molecule has 0 bridgehead atoms. The van der Waals surface area contributed by atoms with Gasteiger partial charge in [0.15, 0.2) is 11.6 Å². The molecule has 0 heterocycles. The summed E-state index contributed by atoms with van der Waals surface area (Å²) in [6.07, 6.45) is 24.5. The van der Waals surface area contributed by atoms with Gasteiger partial charge in [0.05, 0.1) is 0 Å². The molecule has 0 saturated heterocycles. The fraction of sp³-hybridized carbons (Fsp3) is 0.500. The van der Waals surface area contributed by atoms with Crippen molar-refractivity contribution >= 4 is 11.6 Å². The molecule has 2 heteroatoms. The Kier molecular flexibility index (Phi) is 11.3. The van der Waals surface area contributed by atoms with Gasteiger partial charge in [-0.2, -0.15) is 0 Å². The molecule has 0 amide bonds. The molecule has 0 fully saturated rings. The number of Topliss-reactive ketones (excluding diaryl/α,β-unsaturated/α-hetero) is 2. The van der Waals surface area contributed by atoms with Gasteiger partial charge < -0.3 is 0 Å². The van der Waals surface area contributed by atoms with Crippen molar-refractivity contribution in [2.75, 3.05) is 0 Å². The first kappa shape index (κ1) is 29.8. The topological polar surface area (TPSA) is 34.1 Å². The highest BCUT2D eigenvalue weighted by atomic mass is 16.1. The summed E-state index contributed by atoms with van der Waals surface area (Å²) in [6, 6.07) is 0. The van der Waals surface area contributed by atoms with Crippen LogP contribution >= 0.6 is 0 Å². The first-order chi connectivity index (χ1) is 18.2. The lowest BCUT2D eigenvalue weighted by molar-refractivity contribution is -0.116. The van der Waals surface area contributed by atoms with E-state index in [9.17, 15) is 9.59 Å². The van der Waals surface area contributed by atoms with Crippen molar-refractivity contribution in [1.82, 2.24) is 0 Å². The first-order valence-corrected chi connectivity index (χ1v) is 14.6. The third kappa shape index (κ3) is 8.65. The summed E-state index contributed by atoms with van der Waals surface area (Å²) in [5.74, 6) is 0.276. The maximum Gasteiger partial charge on any atom is 0.186 e. The summed E-state index contributed by atoms with van der Waals surface area (Å²) in [4.78, 5) is 26.9. The van der Waals surface area contributed by atoms with Crippen molar-refractivity contribution in [3.8, 4) is 0 Å². The van der Waals surface area contributed by atoms with Crippen LogP contribution in [0.5, 0.6) is 0 Å². The lowest BCUT2D eigenvalue weighted by atomic mass is 9.73. The predicted molar refractivity (Wildman–Crippen MR) is 162 cm³/mol. The second kappa shape index (κ2) is 14.4. The minimum absolute atomic E-state index is 0.130. The maximum atomic E-state index is 13.6. The van der Waals surface area contributed by atoms with Crippen molar-refractivity contribution < 1.29 is 9.59 Å². The lowest BCUT2D eigenvalue weighted by Crippen LogP contribution is -2.27. The minimum Gasteiger partial charge on any atom is -0.289 e. The van der Waals surface area contributed by atoms with Gasteiger partial charge in [-0.3, -0.25) is 9.59 Å². The minimum atomic E-state index is 0.130. The molecule has 0 spiro atoms. The smallest absolute Gasteiger partial charge is 0.186 e. The Morgan fingerprint density at radius 1 is 0.579 bits per heavy atom. The van der Waals surface area contributed by atoms with Crippen molar-refractivity contribution in [2.45, 2.75) is 119 Å². The molecular weight excluding hydrogens is 464 g/mol. The largest absolute Gasteiger partial charge is 0.289 e.